The van der Waals surface area contributed by atoms with E-state index in [0.29, 0.717) is 19.3 Å². The van der Waals surface area contributed by atoms with Crippen LogP contribution in [0.15, 0.2) is 54.1 Å². The fourth-order valence-corrected chi connectivity index (χ4v) is 6.57. The molecule has 1 aromatic rings. The molecule has 1 aromatic carbocycles. The minimum atomic E-state index is -1.31. The maximum absolute atomic E-state index is 13.3. The smallest absolute Gasteiger partial charge is 0.308 e. The number of benzene rings is 1. The number of aldehydes is 1. The molecular formula is C38H57NO11. The molecule has 2 aliphatic heterocycles. The van der Waals surface area contributed by atoms with Crippen LogP contribution >= 0.6 is 0 Å². The molecule has 2 heterocycles. The Morgan fingerprint density at radius 1 is 1.00 bits per heavy atom. The first-order valence-corrected chi connectivity index (χ1v) is 17.5. The van der Waals surface area contributed by atoms with Crippen molar-refractivity contribution in [3.63, 3.8) is 0 Å². The third kappa shape index (κ3) is 11.9. The number of carbonyl (C=O) groups is 3. The van der Waals surface area contributed by atoms with Gasteiger partial charge in [0, 0.05) is 23.7 Å². The van der Waals surface area contributed by atoms with Gasteiger partial charge in [0.1, 0.15) is 25.3 Å². The number of aliphatic hydroxyl groups is 3. The maximum Gasteiger partial charge on any atom is 0.308 e. The number of ether oxygens (including phenoxy) is 5. The Morgan fingerprint density at radius 2 is 1.70 bits per heavy atom. The number of rotatable bonds is 11. The lowest BCUT2D eigenvalue weighted by molar-refractivity contribution is -0.302. The lowest BCUT2D eigenvalue weighted by atomic mass is 9.81. The number of likely N-dealkylation sites (N-methyl/N-ethyl adjacent to an activating group) is 1. The lowest BCUT2D eigenvalue weighted by Gasteiger charge is -2.46. The molecular weight excluding hydrogens is 646 g/mol. The third-order valence-corrected chi connectivity index (χ3v) is 9.64. The molecule has 0 saturated carbocycles. The van der Waals surface area contributed by atoms with Crippen LogP contribution in [-0.2, 0) is 44.7 Å². The summed E-state index contributed by atoms with van der Waals surface area (Å²) < 4.78 is 29.6. The monoisotopic (exact) mass is 703 g/mol. The average Bonchev–Trinajstić information content (AvgIpc) is 3.08. The molecule has 12 atom stereocenters. The van der Waals surface area contributed by atoms with E-state index in [-0.39, 0.29) is 31.5 Å². The fraction of sp³-hybridized carbons (Fsp3) is 0.658. The third-order valence-electron chi connectivity index (χ3n) is 9.64. The Kier molecular flexibility index (Phi) is 16.9. The van der Waals surface area contributed by atoms with Crippen LogP contribution in [0.3, 0.4) is 0 Å². The molecule has 280 valence electrons. The van der Waals surface area contributed by atoms with E-state index in [2.05, 4.69) is 0 Å². The predicted molar refractivity (Wildman–Crippen MR) is 185 cm³/mol. The first kappa shape index (κ1) is 41.6. The Hall–Kier alpha value is -2.81. The highest BCUT2D eigenvalue weighted by Crippen LogP contribution is 2.32. The number of ketones is 1. The summed E-state index contributed by atoms with van der Waals surface area (Å²) in [5, 5.41) is 33.2. The van der Waals surface area contributed by atoms with Gasteiger partial charge in [-0.25, -0.2) is 0 Å². The van der Waals surface area contributed by atoms with Crippen LogP contribution < -0.4 is 0 Å². The van der Waals surface area contributed by atoms with Crippen molar-refractivity contribution in [1.29, 1.82) is 0 Å². The first-order valence-electron chi connectivity index (χ1n) is 17.5. The SMILES string of the molecule is CC[C@H]1OC(=O)C[C@@H](O)[C@H](C)[C@@H](O[C@@H]2O[C@H](C)[C@@H](O)[C@H](N(C)C)[C@H]2O)C(C=O)C[C@@H](C)C(=O)/C=C/C(C)=C/[C@@H]1COCOCc1ccccc1. The number of hydrogen-bond donors (Lipinski definition) is 3. The molecule has 0 spiro atoms. The highest BCUT2D eigenvalue weighted by atomic mass is 16.7. The number of hydrogen-bond acceptors (Lipinski definition) is 12. The number of carbonyl (C=O) groups excluding carboxylic acids is 3. The van der Waals surface area contributed by atoms with Crippen LogP contribution in [0.25, 0.3) is 0 Å². The van der Waals surface area contributed by atoms with Gasteiger partial charge in [0.25, 0.3) is 0 Å². The second-order valence-corrected chi connectivity index (χ2v) is 13.9. The summed E-state index contributed by atoms with van der Waals surface area (Å²) in [7, 11) is 3.42. The number of esters is 1. The van der Waals surface area contributed by atoms with Crippen molar-refractivity contribution < 1.29 is 53.4 Å². The van der Waals surface area contributed by atoms with Gasteiger partial charge in [0.2, 0.25) is 0 Å². The second-order valence-electron chi connectivity index (χ2n) is 13.9. The molecule has 1 saturated heterocycles. The van der Waals surface area contributed by atoms with Crippen LogP contribution in [0.4, 0.5) is 0 Å². The summed E-state index contributed by atoms with van der Waals surface area (Å²) >= 11 is 0. The molecule has 0 aromatic heterocycles. The summed E-state index contributed by atoms with van der Waals surface area (Å²) in [6.45, 7) is 9.30. The van der Waals surface area contributed by atoms with E-state index in [1.54, 1.807) is 45.8 Å². The minimum absolute atomic E-state index is 0.0243. The van der Waals surface area contributed by atoms with Gasteiger partial charge >= 0.3 is 5.97 Å². The molecule has 50 heavy (non-hydrogen) atoms. The molecule has 0 bridgehead atoms. The molecule has 0 aliphatic carbocycles. The Bertz CT molecular complexity index is 1270. The Morgan fingerprint density at radius 3 is 2.34 bits per heavy atom. The standard InChI is InChI=1S/C38H57NO11/c1-8-32-29(21-47-22-46-20-27-12-10-9-11-13-27)16-23(2)14-15-30(41)24(3)17-28(19-40)37(25(4)31(42)18-33(43)49-32)50-38-36(45)34(39(6)7)35(44)26(5)48-38/h9-16,19,24-26,28-29,31-32,34-38,42,44-45H,8,17-18,20-22H2,1-7H3/b15-14+,23-16+/t24-,25+,26-,28?,29-,31-,32-,34+,35-,36-,37-,38+/m1/s1. The molecule has 2 aliphatic rings. The molecule has 3 rings (SSSR count). The molecule has 1 unspecified atom stereocenters. The van der Waals surface area contributed by atoms with Crippen LogP contribution in [-0.4, -0.2) is 115 Å². The normalized spacial score (nSPS) is 36.7. The van der Waals surface area contributed by atoms with Crippen molar-refractivity contribution in [2.45, 2.75) is 109 Å². The van der Waals surface area contributed by atoms with Crippen molar-refractivity contribution in [1.82, 2.24) is 4.90 Å². The van der Waals surface area contributed by atoms with E-state index in [0.717, 1.165) is 11.1 Å². The molecule has 1 fully saturated rings. The largest absolute Gasteiger partial charge is 0.462 e. The highest BCUT2D eigenvalue weighted by Gasteiger charge is 2.47. The van der Waals surface area contributed by atoms with Crippen molar-refractivity contribution >= 4 is 18.0 Å². The molecule has 3 N–H and O–H groups in total. The average molecular weight is 704 g/mol. The number of nitrogens with zero attached hydrogens (tertiary/aromatic N) is 1. The van der Waals surface area contributed by atoms with Gasteiger partial charge in [0.15, 0.2) is 12.1 Å². The van der Waals surface area contributed by atoms with E-state index in [1.807, 2.05) is 50.3 Å². The number of allylic oxidation sites excluding steroid dienone is 3. The van der Waals surface area contributed by atoms with E-state index < -0.39 is 79.1 Å². The zero-order valence-corrected chi connectivity index (χ0v) is 30.4. The Balaban J connectivity index is 1.85. The molecule has 0 radical (unpaired) electrons. The van der Waals surface area contributed by atoms with E-state index in [1.165, 1.54) is 6.08 Å². The van der Waals surface area contributed by atoms with Gasteiger partial charge in [-0.2, -0.15) is 0 Å². The van der Waals surface area contributed by atoms with Gasteiger partial charge in [-0.3, -0.25) is 9.59 Å². The van der Waals surface area contributed by atoms with Crippen molar-refractivity contribution in [3.05, 3.63) is 59.7 Å². The van der Waals surface area contributed by atoms with Gasteiger partial charge < -0.3 is 48.7 Å². The van der Waals surface area contributed by atoms with Crippen LogP contribution in [0.2, 0.25) is 0 Å². The van der Waals surface area contributed by atoms with Gasteiger partial charge in [0.05, 0.1) is 50.1 Å². The first-order chi connectivity index (χ1) is 23.8. The zero-order valence-electron chi connectivity index (χ0n) is 30.4. The predicted octanol–water partition coefficient (Wildman–Crippen LogP) is 3.21. The fourth-order valence-electron chi connectivity index (χ4n) is 6.57. The quantitative estimate of drug-likeness (QED) is 0.134. The van der Waals surface area contributed by atoms with Gasteiger partial charge in [-0.1, -0.05) is 68.8 Å². The van der Waals surface area contributed by atoms with Crippen molar-refractivity contribution in [3.8, 4) is 0 Å². The molecule has 0 amide bonds. The van der Waals surface area contributed by atoms with E-state index in [9.17, 15) is 29.7 Å². The summed E-state index contributed by atoms with van der Waals surface area (Å²) in [5.41, 5.74) is 1.76. The second kappa shape index (κ2) is 20.3. The Labute approximate surface area is 296 Å². The highest BCUT2D eigenvalue weighted by molar-refractivity contribution is 5.92. The summed E-state index contributed by atoms with van der Waals surface area (Å²) in [5.74, 6) is -3.56. The van der Waals surface area contributed by atoms with Crippen molar-refractivity contribution in [2.24, 2.45) is 23.7 Å². The van der Waals surface area contributed by atoms with Crippen LogP contribution in [0.5, 0.6) is 0 Å². The van der Waals surface area contributed by atoms with Gasteiger partial charge in [-0.05, 0) is 52.4 Å². The molecule has 12 nitrogen and oxygen atoms in total. The molecule has 12 heteroatoms. The van der Waals surface area contributed by atoms with Gasteiger partial charge in [-0.15, -0.1) is 0 Å². The number of aliphatic hydroxyl groups excluding tert-OH is 3. The zero-order chi connectivity index (χ0) is 37.0. The summed E-state index contributed by atoms with van der Waals surface area (Å²) in [6.07, 6.45) is -1.41. The lowest BCUT2D eigenvalue weighted by Crippen LogP contribution is -2.63. The number of cyclic esters (lactones) is 1. The topological polar surface area (TPSA) is 161 Å². The minimum Gasteiger partial charge on any atom is -0.462 e. The van der Waals surface area contributed by atoms with Crippen LogP contribution in [0.1, 0.15) is 59.4 Å². The van der Waals surface area contributed by atoms with E-state index >= 15 is 0 Å². The summed E-state index contributed by atoms with van der Waals surface area (Å²) in [4.78, 5) is 40.9. The summed E-state index contributed by atoms with van der Waals surface area (Å²) in [6, 6.07) is 8.96. The van der Waals surface area contributed by atoms with E-state index in [4.69, 9.17) is 23.7 Å². The maximum atomic E-state index is 13.3. The van der Waals surface area contributed by atoms with Crippen molar-refractivity contribution in [2.75, 3.05) is 27.5 Å². The van der Waals surface area contributed by atoms with Crippen LogP contribution in [0, 0.1) is 23.7 Å².